The maximum atomic E-state index is 12.2. The molecule has 1 heterocycles. The highest BCUT2D eigenvalue weighted by Gasteiger charge is 2.30. The maximum Gasteiger partial charge on any atom is 0.238 e. The summed E-state index contributed by atoms with van der Waals surface area (Å²) < 4.78 is 0. The number of benzene rings is 2. The van der Waals surface area contributed by atoms with Gasteiger partial charge in [-0.2, -0.15) is 0 Å². The van der Waals surface area contributed by atoms with Crippen molar-refractivity contribution >= 4 is 29.4 Å². The first-order chi connectivity index (χ1) is 10.2. The van der Waals surface area contributed by atoms with E-state index in [0.717, 1.165) is 11.3 Å². The Kier molecular flexibility index (Phi) is 4.11. The molecule has 1 amide bonds. The van der Waals surface area contributed by atoms with E-state index in [1.807, 2.05) is 47.4 Å². The van der Waals surface area contributed by atoms with Crippen LogP contribution in [0.2, 0.25) is 0 Å². The summed E-state index contributed by atoms with van der Waals surface area (Å²) in [4.78, 5) is 14.0. The molecular formula is C18H17NOS. The van der Waals surface area contributed by atoms with E-state index in [1.54, 1.807) is 11.8 Å². The Bertz CT molecular complexity index is 649. The number of thioether (sulfide) groups is 1. The summed E-state index contributed by atoms with van der Waals surface area (Å²) in [6.07, 6.45) is 4.18. The van der Waals surface area contributed by atoms with Crippen molar-refractivity contribution in [1.82, 2.24) is 0 Å². The number of nitrogens with zero attached hydrogens (tertiary/aromatic N) is 1. The minimum atomic E-state index is 0.0698. The Morgan fingerprint density at radius 2 is 1.81 bits per heavy atom. The van der Waals surface area contributed by atoms with Crippen molar-refractivity contribution in [3.05, 3.63) is 71.8 Å². The van der Waals surface area contributed by atoms with E-state index in [9.17, 15) is 4.79 Å². The van der Waals surface area contributed by atoms with Gasteiger partial charge < -0.3 is 0 Å². The lowest BCUT2D eigenvalue weighted by molar-refractivity contribution is -0.115. The van der Waals surface area contributed by atoms with Crippen LogP contribution in [-0.2, 0) is 4.79 Å². The van der Waals surface area contributed by atoms with E-state index in [1.165, 1.54) is 5.56 Å². The van der Waals surface area contributed by atoms with E-state index >= 15 is 0 Å². The maximum absolute atomic E-state index is 12.2. The summed E-state index contributed by atoms with van der Waals surface area (Å²) in [6.45, 7) is 2.05. The Hall–Kier alpha value is -2.00. The van der Waals surface area contributed by atoms with E-state index in [4.69, 9.17) is 0 Å². The van der Waals surface area contributed by atoms with E-state index in [0.29, 0.717) is 5.75 Å². The van der Waals surface area contributed by atoms with Crippen LogP contribution in [0.3, 0.4) is 0 Å². The SMILES string of the molecule is Cc1ccc(N2C(=O)CS[C@H]2/C=C/c2ccccc2)cc1. The molecule has 1 fully saturated rings. The van der Waals surface area contributed by atoms with Crippen molar-refractivity contribution in [1.29, 1.82) is 0 Å². The molecule has 0 saturated carbocycles. The van der Waals surface area contributed by atoms with Crippen LogP contribution in [0.1, 0.15) is 11.1 Å². The Balaban J connectivity index is 1.83. The molecule has 0 N–H and O–H groups in total. The molecule has 3 rings (SSSR count). The second-order valence-electron chi connectivity index (χ2n) is 5.07. The van der Waals surface area contributed by atoms with Gasteiger partial charge in [0.2, 0.25) is 5.91 Å². The first-order valence-corrected chi connectivity index (χ1v) is 8.02. The van der Waals surface area contributed by atoms with Gasteiger partial charge in [0, 0.05) is 5.69 Å². The van der Waals surface area contributed by atoms with Crippen LogP contribution in [0.25, 0.3) is 6.08 Å². The van der Waals surface area contributed by atoms with Crippen molar-refractivity contribution in [3.8, 4) is 0 Å². The van der Waals surface area contributed by atoms with Gasteiger partial charge in [0.1, 0.15) is 5.37 Å². The second-order valence-corrected chi connectivity index (χ2v) is 6.18. The number of rotatable bonds is 3. The molecule has 1 saturated heterocycles. The molecule has 2 aromatic carbocycles. The zero-order chi connectivity index (χ0) is 14.7. The number of amides is 1. The molecule has 1 aliphatic rings. The molecular weight excluding hydrogens is 278 g/mol. The van der Waals surface area contributed by atoms with Crippen molar-refractivity contribution in [2.24, 2.45) is 0 Å². The molecule has 1 aliphatic heterocycles. The predicted octanol–water partition coefficient (Wildman–Crippen LogP) is 4.11. The Labute approximate surface area is 129 Å². The molecule has 0 radical (unpaired) electrons. The highest BCUT2D eigenvalue weighted by atomic mass is 32.2. The van der Waals surface area contributed by atoms with Crippen LogP contribution in [0.4, 0.5) is 5.69 Å². The quantitative estimate of drug-likeness (QED) is 0.849. The second kappa shape index (κ2) is 6.19. The Morgan fingerprint density at radius 3 is 2.52 bits per heavy atom. The first-order valence-electron chi connectivity index (χ1n) is 6.97. The molecule has 0 aliphatic carbocycles. The summed E-state index contributed by atoms with van der Waals surface area (Å²) in [5, 5.41) is 0.0698. The Morgan fingerprint density at radius 1 is 1.10 bits per heavy atom. The summed E-state index contributed by atoms with van der Waals surface area (Å²) in [5.74, 6) is 0.712. The zero-order valence-corrected chi connectivity index (χ0v) is 12.7. The molecule has 2 aromatic rings. The van der Waals surface area contributed by atoms with Crippen LogP contribution in [-0.4, -0.2) is 17.0 Å². The number of aryl methyl sites for hydroxylation is 1. The van der Waals surface area contributed by atoms with E-state index in [-0.39, 0.29) is 11.3 Å². The summed E-state index contributed by atoms with van der Waals surface area (Å²) >= 11 is 1.67. The molecule has 21 heavy (non-hydrogen) atoms. The van der Waals surface area contributed by atoms with Gasteiger partial charge in [-0.05, 0) is 24.6 Å². The fourth-order valence-electron chi connectivity index (χ4n) is 2.34. The third-order valence-corrected chi connectivity index (χ3v) is 4.59. The van der Waals surface area contributed by atoms with Gasteiger partial charge in [0.05, 0.1) is 5.75 Å². The van der Waals surface area contributed by atoms with E-state index < -0.39 is 0 Å². The lowest BCUT2D eigenvalue weighted by Crippen LogP contribution is -2.31. The van der Waals surface area contributed by atoms with Crippen LogP contribution < -0.4 is 4.90 Å². The van der Waals surface area contributed by atoms with E-state index in [2.05, 4.69) is 31.2 Å². The van der Waals surface area contributed by atoms with Crippen LogP contribution >= 0.6 is 11.8 Å². The van der Waals surface area contributed by atoms with Gasteiger partial charge in [-0.1, -0.05) is 60.2 Å². The van der Waals surface area contributed by atoms with Gasteiger partial charge in [-0.3, -0.25) is 9.69 Å². The minimum Gasteiger partial charge on any atom is -0.296 e. The van der Waals surface area contributed by atoms with Crippen LogP contribution in [0.5, 0.6) is 0 Å². The summed E-state index contributed by atoms with van der Waals surface area (Å²) in [7, 11) is 0. The summed E-state index contributed by atoms with van der Waals surface area (Å²) in [6, 6.07) is 18.3. The van der Waals surface area contributed by atoms with Gasteiger partial charge in [-0.25, -0.2) is 0 Å². The number of hydrogen-bond donors (Lipinski definition) is 0. The van der Waals surface area contributed by atoms with Crippen LogP contribution in [0.15, 0.2) is 60.7 Å². The third kappa shape index (κ3) is 3.19. The molecule has 0 spiro atoms. The lowest BCUT2D eigenvalue weighted by Gasteiger charge is -2.21. The van der Waals surface area contributed by atoms with Crippen LogP contribution in [0, 0.1) is 6.92 Å². The zero-order valence-electron chi connectivity index (χ0n) is 11.9. The molecule has 0 aromatic heterocycles. The normalized spacial score (nSPS) is 18.6. The average molecular weight is 295 g/mol. The number of carbonyl (C=O) groups excluding carboxylic acids is 1. The minimum absolute atomic E-state index is 0.0698. The molecule has 1 atom stereocenters. The standard InChI is InChI=1S/C18H17NOS/c1-14-7-10-16(11-8-14)19-17(20)13-21-18(19)12-9-15-5-3-2-4-6-15/h2-12,18H,13H2,1H3/b12-9+/t18-/m0/s1. The van der Waals surface area contributed by atoms with Crippen molar-refractivity contribution in [3.63, 3.8) is 0 Å². The highest BCUT2D eigenvalue weighted by Crippen LogP contribution is 2.31. The lowest BCUT2D eigenvalue weighted by atomic mass is 10.2. The molecule has 106 valence electrons. The largest absolute Gasteiger partial charge is 0.296 e. The topological polar surface area (TPSA) is 20.3 Å². The molecule has 2 nitrogen and oxygen atoms in total. The van der Waals surface area contributed by atoms with Crippen molar-refractivity contribution < 1.29 is 4.79 Å². The smallest absolute Gasteiger partial charge is 0.238 e. The molecule has 0 unspecified atom stereocenters. The van der Waals surface area contributed by atoms with Gasteiger partial charge in [0.15, 0.2) is 0 Å². The number of anilines is 1. The molecule has 3 heteroatoms. The fraction of sp³-hybridized carbons (Fsp3) is 0.167. The third-order valence-electron chi connectivity index (χ3n) is 3.47. The highest BCUT2D eigenvalue weighted by molar-refractivity contribution is 8.01. The van der Waals surface area contributed by atoms with Crippen molar-refractivity contribution in [2.75, 3.05) is 10.7 Å². The van der Waals surface area contributed by atoms with Gasteiger partial charge >= 0.3 is 0 Å². The van der Waals surface area contributed by atoms with Gasteiger partial charge in [-0.15, -0.1) is 11.8 Å². The monoisotopic (exact) mass is 295 g/mol. The molecule has 0 bridgehead atoms. The van der Waals surface area contributed by atoms with Crippen molar-refractivity contribution in [2.45, 2.75) is 12.3 Å². The fourth-order valence-corrected chi connectivity index (χ4v) is 3.37. The summed E-state index contributed by atoms with van der Waals surface area (Å²) in [5.41, 5.74) is 3.33. The average Bonchev–Trinajstić information content (AvgIpc) is 2.88. The number of hydrogen-bond acceptors (Lipinski definition) is 2. The van der Waals surface area contributed by atoms with Gasteiger partial charge in [0.25, 0.3) is 0 Å². The number of carbonyl (C=O) groups is 1. The first kappa shape index (κ1) is 14.0. The predicted molar refractivity (Wildman–Crippen MR) is 90.4 cm³/mol.